The van der Waals surface area contributed by atoms with E-state index in [9.17, 15) is 0 Å². The first-order valence-corrected chi connectivity index (χ1v) is 9.69. The van der Waals surface area contributed by atoms with Gasteiger partial charge in [-0.2, -0.15) is 0 Å². The number of aryl methyl sites for hydroxylation is 2. The highest BCUT2D eigenvalue weighted by Crippen LogP contribution is 2.21. The molecule has 1 aromatic heterocycles. The zero-order valence-corrected chi connectivity index (χ0v) is 15.5. The molecule has 1 aromatic rings. The molecule has 2 saturated heterocycles. The third-order valence-electron chi connectivity index (χ3n) is 4.89. The molecule has 0 saturated carbocycles. The van der Waals surface area contributed by atoms with Crippen LogP contribution in [-0.4, -0.2) is 59.5 Å². The maximum Gasteiger partial charge on any atom is 0.194 e. The Kier molecular flexibility index (Phi) is 5.54. The Morgan fingerprint density at radius 2 is 2.09 bits per heavy atom. The Labute approximate surface area is 143 Å². The van der Waals surface area contributed by atoms with Crippen LogP contribution in [0, 0.1) is 13.8 Å². The quantitative estimate of drug-likeness (QED) is 0.678. The molecule has 3 heterocycles. The topological polar surface area (TPSA) is 43.8 Å². The summed E-state index contributed by atoms with van der Waals surface area (Å²) in [5.41, 5.74) is 1.14. The predicted molar refractivity (Wildman–Crippen MR) is 97.2 cm³/mol. The minimum Gasteiger partial charge on any atom is -0.357 e. The summed E-state index contributed by atoms with van der Waals surface area (Å²) in [6, 6.07) is 0.714. The number of nitrogens with zero attached hydrogens (tertiary/aromatic N) is 4. The van der Waals surface area contributed by atoms with Crippen molar-refractivity contribution in [1.82, 2.24) is 20.1 Å². The van der Waals surface area contributed by atoms with Crippen molar-refractivity contribution in [2.24, 2.45) is 4.99 Å². The summed E-state index contributed by atoms with van der Waals surface area (Å²) in [5.74, 6) is 1.06. The zero-order chi connectivity index (χ0) is 16.2. The van der Waals surface area contributed by atoms with Gasteiger partial charge in [0, 0.05) is 30.6 Å². The molecule has 5 nitrogen and oxygen atoms in total. The Morgan fingerprint density at radius 3 is 2.74 bits per heavy atom. The molecule has 23 heavy (non-hydrogen) atoms. The standard InChI is InChI=1S/C17H29N5S/c1-4-18-17(19-11-16-20-13(2)14(3)23-16)22-10-7-15(12-22)21-8-5-6-9-21/h15H,4-12H2,1-3H3,(H,18,19). The first kappa shape index (κ1) is 16.7. The third kappa shape index (κ3) is 4.04. The average molecular weight is 336 g/mol. The van der Waals surface area contributed by atoms with E-state index in [1.54, 1.807) is 11.3 Å². The number of hydrogen-bond donors (Lipinski definition) is 1. The second-order valence-corrected chi connectivity index (χ2v) is 7.84. The predicted octanol–water partition coefficient (Wildman–Crippen LogP) is 2.40. The van der Waals surface area contributed by atoms with E-state index >= 15 is 0 Å². The van der Waals surface area contributed by atoms with Gasteiger partial charge in [0.2, 0.25) is 0 Å². The van der Waals surface area contributed by atoms with Gasteiger partial charge in [0.1, 0.15) is 5.01 Å². The summed E-state index contributed by atoms with van der Waals surface area (Å²) in [5, 5.41) is 4.58. The summed E-state index contributed by atoms with van der Waals surface area (Å²) in [4.78, 5) is 15.8. The molecule has 6 heteroatoms. The smallest absolute Gasteiger partial charge is 0.194 e. The Hall–Kier alpha value is -1.14. The number of thiazole rings is 1. The van der Waals surface area contributed by atoms with Crippen molar-refractivity contribution in [2.75, 3.05) is 32.7 Å². The fourth-order valence-electron chi connectivity index (χ4n) is 3.51. The van der Waals surface area contributed by atoms with E-state index in [0.717, 1.165) is 36.3 Å². The summed E-state index contributed by atoms with van der Waals surface area (Å²) in [6.07, 6.45) is 4.00. The van der Waals surface area contributed by atoms with E-state index in [1.165, 1.54) is 37.2 Å². The molecule has 1 unspecified atom stereocenters. The van der Waals surface area contributed by atoms with Gasteiger partial charge in [-0.05, 0) is 53.1 Å². The lowest BCUT2D eigenvalue weighted by Gasteiger charge is -2.25. The second kappa shape index (κ2) is 7.62. The van der Waals surface area contributed by atoms with E-state index in [2.05, 4.69) is 40.9 Å². The van der Waals surface area contributed by atoms with Crippen molar-refractivity contribution < 1.29 is 0 Å². The van der Waals surface area contributed by atoms with Gasteiger partial charge in [0.05, 0.1) is 12.2 Å². The molecule has 3 rings (SSSR count). The second-order valence-electron chi connectivity index (χ2n) is 6.55. The zero-order valence-electron chi connectivity index (χ0n) is 14.6. The highest BCUT2D eigenvalue weighted by atomic mass is 32.1. The van der Waals surface area contributed by atoms with Gasteiger partial charge < -0.3 is 10.2 Å². The van der Waals surface area contributed by atoms with E-state index < -0.39 is 0 Å². The highest BCUT2D eigenvalue weighted by molar-refractivity contribution is 7.11. The first-order chi connectivity index (χ1) is 11.2. The lowest BCUT2D eigenvalue weighted by molar-refractivity contribution is 0.249. The van der Waals surface area contributed by atoms with E-state index in [4.69, 9.17) is 4.99 Å². The SMILES string of the molecule is CCNC(=NCc1nc(C)c(C)s1)N1CCC(N2CCCC2)C1. The summed E-state index contributed by atoms with van der Waals surface area (Å²) < 4.78 is 0. The monoisotopic (exact) mass is 335 g/mol. The van der Waals surface area contributed by atoms with E-state index in [-0.39, 0.29) is 0 Å². The molecule has 2 aliphatic heterocycles. The minimum absolute atomic E-state index is 0.687. The van der Waals surface area contributed by atoms with Crippen LogP contribution in [0.25, 0.3) is 0 Å². The van der Waals surface area contributed by atoms with Crippen LogP contribution >= 0.6 is 11.3 Å². The lowest BCUT2D eigenvalue weighted by atomic mass is 10.2. The summed E-state index contributed by atoms with van der Waals surface area (Å²) >= 11 is 1.77. The maximum absolute atomic E-state index is 4.84. The fourth-order valence-corrected chi connectivity index (χ4v) is 4.37. The molecular weight excluding hydrogens is 306 g/mol. The van der Waals surface area contributed by atoms with E-state index in [0.29, 0.717) is 12.6 Å². The van der Waals surface area contributed by atoms with Crippen LogP contribution in [0.5, 0.6) is 0 Å². The molecular formula is C17H29N5S. The first-order valence-electron chi connectivity index (χ1n) is 8.87. The molecule has 128 valence electrons. The van der Waals surface area contributed by atoms with Gasteiger partial charge in [-0.25, -0.2) is 9.98 Å². The molecule has 2 fully saturated rings. The van der Waals surface area contributed by atoms with Gasteiger partial charge in [-0.15, -0.1) is 11.3 Å². The molecule has 0 aliphatic carbocycles. The van der Waals surface area contributed by atoms with Gasteiger partial charge in [0.15, 0.2) is 5.96 Å². The molecule has 1 atom stereocenters. The molecule has 1 N–H and O–H groups in total. The van der Waals surface area contributed by atoms with Crippen molar-refractivity contribution in [2.45, 2.75) is 52.6 Å². The largest absolute Gasteiger partial charge is 0.357 e. The van der Waals surface area contributed by atoms with Crippen LogP contribution in [-0.2, 0) is 6.54 Å². The molecule has 0 bridgehead atoms. The third-order valence-corrected chi connectivity index (χ3v) is 5.95. The molecule has 0 aromatic carbocycles. The molecule has 0 radical (unpaired) electrons. The van der Waals surface area contributed by atoms with Crippen molar-refractivity contribution in [1.29, 1.82) is 0 Å². The maximum atomic E-state index is 4.84. The van der Waals surface area contributed by atoms with Gasteiger partial charge in [-0.1, -0.05) is 0 Å². The van der Waals surface area contributed by atoms with Crippen molar-refractivity contribution in [3.05, 3.63) is 15.6 Å². The van der Waals surface area contributed by atoms with Crippen molar-refractivity contribution in [3.8, 4) is 0 Å². The highest BCUT2D eigenvalue weighted by Gasteiger charge is 2.30. The minimum atomic E-state index is 0.687. The fraction of sp³-hybridized carbons (Fsp3) is 0.765. The number of hydrogen-bond acceptors (Lipinski definition) is 4. The number of likely N-dealkylation sites (tertiary alicyclic amines) is 2. The number of aliphatic imine (C=N–C) groups is 1. The van der Waals surface area contributed by atoms with Crippen LogP contribution in [0.15, 0.2) is 4.99 Å². The molecule has 0 amide bonds. The average Bonchev–Trinajstić information content (AvgIpc) is 3.25. The Balaban J connectivity index is 1.62. The van der Waals surface area contributed by atoms with Crippen LogP contribution < -0.4 is 5.32 Å². The summed E-state index contributed by atoms with van der Waals surface area (Å²) in [6.45, 7) is 12.7. The van der Waals surface area contributed by atoms with Gasteiger partial charge >= 0.3 is 0 Å². The number of guanidine groups is 1. The van der Waals surface area contributed by atoms with Crippen LogP contribution in [0.2, 0.25) is 0 Å². The van der Waals surface area contributed by atoms with Crippen molar-refractivity contribution in [3.63, 3.8) is 0 Å². The van der Waals surface area contributed by atoms with Gasteiger partial charge in [0.25, 0.3) is 0 Å². The van der Waals surface area contributed by atoms with Gasteiger partial charge in [-0.3, -0.25) is 4.90 Å². The number of nitrogens with one attached hydrogen (secondary N) is 1. The molecule has 2 aliphatic rings. The normalized spacial score (nSPS) is 23.0. The Morgan fingerprint density at radius 1 is 1.30 bits per heavy atom. The number of rotatable bonds is 4. The lowest BCUT2D eigenvalue weighted by Crippen LogP contribution is -2.42. The Bertz CT molecular complexity index is 528. The van der Waals surface area contributed by atoms with Crippen LogP contribution in [0.1, 0.15) is 41.8 Å². The summed E-state index contributed by atoms with van der Waals surface area (Å²) in [7, 11) is 0. The van der Waals surface area contributed by atoms with Crippen LogP contribution in [0.4, 0.5) is 0 Å². The molecule has 0 spiro atoms. The number of aromatic nitrogens is 1. The van der Waals surface area contributed by atoms with Crippen molar-refractivity contribution >= 4 is 17.3 Å². The van der Waals surface area contributed by atoms with E-state index in [1.807, 2.05) is 0 Å². The van der Waals surface area contributed by atoms with Crippen LogP contribution in [0.3, 0.4) is 0 Å².